The highest BCUT2D eigenvalue weighted by atomic mass is 32.2. The third-order valence-electron chi connectivity index (χ3n) is 3.35. The van der Waals surface area contributed by atoms with Crippen LogP contribution in [0.3, 0.4) is 0 Å². The van der Waals surface area contributed by atoms with Crippen molar-refractivity contribution in [3.05, 3.63) is 0 Å². The molecule has 1 saturated heterocycles. The van der Waals surface area contributed by atoms with Crippen molar-refractivity contribution in [2.24, 2.45) is 10.9 Å². The number of fused-ring (bicyclic) bond motifs is 1. The van der Waals surface area contributed by atoms with Gasteiger partial charge in [-0.25, -0.2) is 0 Å². The van der Waals surface area contributed by atoms with Crippen LogP contribution in [0, 0.1) is 5.92 Å². The maximum atomic E-state index is 5.29. The summed E-state index contributed by atoms with van der Waals surface area (Å²) in [5.74, 6) is 2.13. The predicted molar refractivity (Wildman–Crippen MR) is 70.1 cm³/mol. The molecule has 1 aliphatic carbocycles. The van der Waals surface area contributed by atoms with Crippen molar-refractivity contribution in [2.75, 3.05) is 25.5 Å². The van der Waals surface area contributed by atoms with Crippen LogP contribution in [0.4, 0.5) is 0 Å². The van der Waals surface area contributed by atoms with Gasteiger partial charge in [0.2, 0.25) is 0 Å². The van der Waals surface area contributed by atoms with Crippen molar-refractivity contribution in [2.45, 2.75) is 38.6 Å². The van der Waals surface area contributed by atoms with Crippen LogP contribution in [0.15, 0.2) is 4.99 Å². The fourth-order valence-corrected chi connectivity index (χ4v) is 3.62. The van der Waals surface area contributed by atoms with Gasteiger partial charge in [0.05, 0.1) is 13.2 Å². The summed E-state index contributed by atoms with van der Waals surface area (Å²) in [6.45, 7) is 4.35. The summed E-state index contributed by atoms with van der Waals surface area (Å²) in [6, 6.07) is 0.695. The molecule has 2 rings (SSSR count). The molecule has 0 aromatic carbocycles. The first-order chi connectivity index (χ1) is 7.90. The summed E-state index contributed by atoms with van der Waals surface area (Å²) in [7, 11) is 0. The van der Waals surface area contributed by atoms with E-state index in [0.717, 1.165) is 30.8 Å². The number of hydrogen-bond acceptors (Lipinski definition) is 3. The molecule has 1 saturated carbocycles. The fraction of sp³-hybridized carbons (Fsp3) is 0.917. The van der Waals surface area contributed by atoms with Gasteiger partial charge in [-0.3, -0.25) is 4.99 Å². The molecule has 0 aromatic heterocycles. The van der Waals surface area contributed by atoms with E-state index < -0.39 is 0 Å². The van der Waals surface area contributed by atoms with Crippen LogP contribution in [0.2, 0.25) is 0 Å². The zero-order valence-corrected chi connectivity index (χ0v) is 10.9. The lowest BCUT2D eigenvalue weighted by Crippen LogP contribution is -2.46. The van der Waals surface area contributed by atoms with Gasteiger partial charge >= 0.3 is 0 Å². The molecule has 1 heterocycles. The Kier molecular flexibility index (Phi) is 4.97. The maximum absolute atomic E-state index is 5.29. The number of thioether (sulfide) groups is 1. The summed E-state index contributed by atoms with van der Waals surface area (Å²) in [5.41, 5.74) is 0. The molecule has 2 unspecified atom stereocenters. The minimum absolute atomic E-state index is 0.695. The Hall–Kier alpha value is -0.220. The first-order valence-electron chi connectivity index (χ1n) is 6.41. The first-order valence-corrected chi connectivity index (χ1v) is 7.40. The Balaban J connectivity index is 1.75. The van der Waals surface area contributed by atoms with E-state index in [1.807, 2.05) is 18.7 Å². The Morgan fingerprint density at radius 1 is 1.44 bits per heavy atom. The van der Waals surface area contributed by atoms with Crippen LogP contribution in [-0.4, -0.2) is 36.7 Å². The van der Waals surface area contributed by atoms with E-state index in [4.69, 9.17) is 4.74 Å². The Labute approximate surface area is 102 Å². The molecule has 0 bridgehead atoms. The van der Waals surface area contributed by atoms with Crippen molar-refractivity contribution < 1.29 is 4.74 Å². The fourth-order valence-electron chi connectivity index (χ4n) is 2.43. The number of ether oxygens (including phenoxy) is 1. The molecule has 2 atom stereocenters. The first kappa shape index (κ1) is 12.2. The lowest BCUT2D eigenvalue weighted by atomic mass is 9.86. The third kappa shape index (κ3) is 3.39. The van der Waals surface area contributed by atoms with E-state index in [9.17, 15) is 0 Å². The van der Waals surface area contributed by atoms with Crippen LogP contribution in [0.1, 0.15) is 32.6 Å². The summed E-state index contributed by atoms with van der Waals surface area (Å²) in [4.78, 5) is 4.56. The zero-order chi connectivity index (χ0) is 11.2. The molecule has 0 spiro atoms. The number of amidine groups is 1. The highest BCUT2D eigenvalue weighted by molar-refractivity contribution is 8.13. The van der Waals surface area contributed by atoms with E-state index in [1.165, 1.54) is 31.4 Å². The predicted octanol–water partition coefficient (Wildman–Crippen LogP) is 2.27. The molecule has 1 aliphatic heterocycles. The molecule has 4 heteroatoms. The van der Waals surface area contributed by atoms with Crippen LogP contribution in [0.5, 0.6) is 0 Å². The van der Waals surface area contributed by atoms with Crippen molar-refractivity contribution in [1.29, 1.82) is 0 Å². The molecule has 2 aliphatic rings. The van der Waals surface area contributed by atoms with E-state index >= 15 is 0 Å². The van der Waals surface area contributed by atoms with Crippen LogP contribution >= 0.6 is 11.8 Å². The Morgan fingerprint density at radius 2 is 2.31 bits per heavy atom. The molecule has 2 fully saturated rings. The highest BCUT2D eigenvalue weighted by Gasteiger charge is 2.29. The van der Waals surface area contributed by atoms with Crippen molar-refractivity contribution in [1.82, 2.24) is 5.32 Å². The number of nitrogens with zero attached hydrogens (tertiary/aromatic N) is 1. The number of hydrogen-bond donors (Lipinski definition) is 1. The Bertz CT molecular complexity index is 245. The van der Waals surface area contributed by atoms with Gasteiger partial charge in [0.25, 0.3) is 0 Å². The molecule has 16 heavy (non-hydrogen) atoms. The molecule has 1 N–H and O–H groups in total. The highest BCUT2D eigenvalue weighted by Crippen LogP contribution is 2.31. The van der Waals surface area contributed by atoms with Gasteiger partial charge < -0.3 is 10.1 Å². The molecule has 92 valence electrons. The average Bonchev–Trinajstić information content (AvgIpc) is 2.34. The summed E-state index contributed by atoms with van der Waals surface area (Å²) >= 11 is 1.89. The van der Waals surface area contributed by atoms with Crippen molar-refractivity contribution in [3.63, 3.8) is 0 Å². The SMILES string of the molecule is CCOCCN=C1NC2CCCCC2CS1. The van der Waals surface area contributed by atoms with Crippen molar-refractivity contribution >= 4 is 16.9 Å². The minimum Gasteiger partial charge on any atom is -0.380 e. The summed E-state index contributed by atoms with van der Waals surface area (Å²) < 4.78 is 5.29. The zero-order valence-electron chi connectivity index (χ0n) is 10.1. The van der Waals surface area contributed by atoms with Gasteiger partial charge in [0.1, 0.15) is 0 Å². The second kappa shape index (κ2) is 6.50. The molecule has 0 amide bonds. The van der Waals surface area contributed by atoms with Gasteiger partial charge in [-0.2, -0.15) is 0 Å². The summed E-state index contributed by atoms with van der Waals surface area (Å²) in [6.07, 6.45) is 5.53. The summed E-state index contributed by atoms with van der Waals surface area (Å²) in [5, 5.41) is 4.73. The van der Waals surface area contributed by atoms with Crippen LogP contribution < -0.4 is 5.32 Å². The number of aliphatic imine (C=N–C) groups is 1. The van der Waals surface area contributed by atoms with Gasteiger partial charge in [0.15, 0.2) is 5.17 Å². The van der Waals surface area contributed by atoms with E-state index in [0.29, 0.717) is 6.04 Å². The minimum atomic E-state index is 0.695. The van der Waals surface area contributed by atoms with Gasteiger partial charge in [-0.15, -0.1) is 0 Å². The van der Waals surface area contributed by atoms with E-state index in [-0.39, 0.29) is 0 Å². The van der Waals surface area contributed by atoms with Gasteiger partial charge in [-0.1, -0.05) is 24.6 Å². The quantitative estimate of drug-likeness (QED) is 0.768. The molecule has 0 aromatic rings. The lowest BCUT2D eigenvalue weighted by molar-refractivity contribution is 0.155. The van der Waals surface area contributed by atoms with Crippen LogP contribution in [0.25, 0.3) is 0 Å². The standard InChI is InChI=1S/C12H22N2OS/c1-2-15-8-7-13-12-14-11-6-4-3-5-10(11)9-16-12/h10-11H,2-9H2,1H3,(H,13,14). The van der Waals surface area contributed by atoms with E-state index in [1.54, 1.807) is 0 Å². The van der Waals surface area contributed by atoms with Crippen LogP contribution in [-0.2, 0) is 4.74 Å². The van der Waals surface area contributed by atoms with E-state index in [2.05, 4.69) is 10.3 Å². The molecular weight excluding hydrogens is 220 g/mol. The largest absolute Gasteiger partial charge is 0.380 e. The molecular formula is C12H22N2OS. The maximum Gasteiger partial charge on any atom is 0.156 e. The Morgan fingerprint density at radius 3 is 3.19 bits per heavy atom. The second-order valence-electron chi connectivity index (χ2n) is 4.49. The molecule has 0 radical (unpaired) electrons. The lowest BCUT2D eigenvalue weighted by Gasteiger charge is -2.36. The second-order valence-corrected chi connectivity index (χ2v) is 5.50. The normalized spacial score (nSPS) is 32.2. The van der Waals surface area contributed by atoms with Crippen molar-refractivity contribution in [3.8, 4) is 0 Å². The number of rotatable bonds is 4. The topological polar surface area (TPSA) is 33.6 Å². The third-order valence-corrected chi connectivity index (χ3v) is 4.46. The monoisotopic (exact) mass is 242 g/mol. The molecule has 3 nitrogen and oxygen atoms in total. The van der Waals surface area contributed by atoms with Gasteiger partial charge in [0, 0.05) is 18.4 Å². The smallest absolute Gasteiger partial charge is 0.156 e. The number of nitrogens with one attached hydrogen (secondary N) is 1. The average molecular weight is 242 g/mol. The van der Waals surface area contributed by atoms with Gasteiger partial charge in [-0.05, 0) is 25.7 Å².